The molecule has 0 saturated heterocycles. The molecule has 0 aromatic carbocycles. The Kier molecular flexibility index (Phi) is 5.85. The lowest BCUT2D eigenvalue weighted by Crippen LogP contribution is -2.40. The zero-order valence-corrected chi connectivity index (χ0v) is 10.7. The molecule has 3 heteroatoms. The van der Waals surface area contributed by atoms with Gasteiger partial charge in [-0.25, -0.2) is 0 Å². The zero-order chi connectivity index (χ0) is 11.9. The summed E-state index contributed by atoms with van der Waals surface area (Å²) >= 11 is 0. The molecule has 0 radical (unpaired) electrons. The third kappa shape index (κ3) is 7.35. The summed E-state index contributed by atoms with van der Waals surface area (Å²) in [5.41, 5.74) is 0.0604. The summed E-state index contributed by atoms with van der Waals surface area (Å²) < 4.78 is 5.32. The number of ether oxygens (including phenoxy) is 1. The molecule has 0 aromatic heterocycles. The molecule has 0 saturated carbocycles. The van der Waals surface area contributed by atoms with Crippen molar-refractivity contribution in [3.8, 4) is 6.07 Å². The van der Waals surface area contributed by atoms with E-state index in [0.717, 1.165) is 19.5 Å². The van der Waals surface area contributed by atoms with E-state index in [-0.39, 0.29) is 11.0 Å². The fourth-order valence-electron chi connectivity index (χ4n) is 1.26. The monoisotopic (exact) mass is 212 g/mol. The highest BCUT2D eigenvalue weighted by Crippen LogP contribution is 2.20. The number of hydrogen-bond acceptors (Lipinski definition) is 3. The van der Waals surface area contributed by atoms with Crippen molar-refractivity contribution in [2.75, 3.05) is 20.2 Å². The van der Waals surface area contributed by atoms with Crippen molar-refractivity contribution in [2.45, 2.75) is 46.1 Å². The van der Waals surface area contributed by atoms with E-state index in [1.807, 2.05) is 0 Å². The molecule has 0 amide bonds. The maximum Gasteiger partial charge on any atom is 0.0746 e. The Hall–Kier alpha value is -0.590. The van der Waals surface area contributed by atoms with Gasteiger partial charge in [0, 0.05) is 26.6 Å². The summed E-state index contributed by atoms with van der Waals surface area (Å²) in [6.45, 7) is 10.2. The van der Waals surface area contributed by atoms with Crippen molar-refractivity contribution in [2.24, 2.45) is 5.41 Å². The van der Waals surface area contributed by atoms with E-state index < -0.39 is 0 Å². The van der Waals surface area contributed by atoms with Crippen molar-refractivity contribution in [3.05, 3.63) is 0 Å². The molecule has 0 fully saturated rings. The highest BCUT2D eigenvalue weighted by Gasteiger charge is 2.20. The van der Waals surface area contributed by atoms with E-state index in [2.05, 4.69) is 39.1 Å². The van der Waals surface area contributed by atoms with Gasteiger partial charge in [-0.2, -0.15) is 5.26 Å². The number of methoxy groups -OCH3 is 1. The molecule has 0 spiro atoms. The van der Waals surface area contributed by atoms with Gasteiger partial charge in [-0.15, -0.1) is 0 Å². The van der Waals surface area contributed by atoms with Crippen LogP contribution in [0.1, 0.15) is 40.5 Å². The molecule has 0 aliphatic carbocycles. The summed E-state index contributed by atoms with van der Waals surface area (Å²) in [7, 11) is 1.72. The Balaban J connectivity index is 3.80. The number of rotatable bonds is 7. The third-order valence-corrected chi connectivity index (χ3v) is 2.62. The van der Waals surface area contributed by atoms with Gasteiger partial charge in [-0.3, -0.25) is 0 Å². The molecular formula is C12H24N2O. The highest BCUT2D eigenvalue weighted by atomic mass is 16.5. The Morgan fingerprint density at radius 2 is 1.80 bits per heavy atom. The maximum absolute atomic E-state index is 8.53. The number of nitrogens with one attached hydrogen (secondary N) is 1. The average Bonchev–Trinajstić information content (AvgIpc) is 2.14. The van der Waals surface area contributed by atoms with E-state index >= 15 is 0 Å². The summed E-state index contributed by atoms with van der Waals surface area (Å²) in [6, 6.07) is 2.19. The largest absolute Gasteiger partial charge is 0.377 e. The Labute approximate surface area is 93.8 Å². The number of nitriles is 1. The van der Waals surface area contributed by atoms with Crippen LogP contribution in [0.15, 0.2) is 0 Å². The van der Waals surface area contributed by atoms with Crippen LogP contribution in [0.4, 0.5) is 0 Å². The van der Waals surface area contributed by atoms with Crippen LogP contribution in [-0.4, -0.2) is 25.8 Å². The summed E-state index contributed by atoms with van der Waals surface area (Å²) in [5.74, 6) is 0. The smallest absolute Gasteiger partial charge is 0.0746 e. The number of hydrogen-bond donors (Lipinski definition) is 1. The van der Waals surface area contributed by atoms with Crippen LogP contribution in [0, 0.1) is 16.7 Å². The summed E-state index contributed by atoms with van der Waals surface area (Å²) in [6.07, 6.45) is 1.56. The molecule has 0 atom stereocenters. The first-order valence-electron chi connectivity index (χ1n) is 5.46. The van der Waals surface area contributed by atoms with Crippen molar-refractivity contribution in [1.82, 2.24) is 5.32 Å². The van der Waals surface area contributed by atoms with Crippen LogP contribution in [0.5, 0.6) is 0 Å². The van der Waals surface area contributed by atoms with Crippen molar-refractivity contribution >= 4 is 0 Å². The van der Waals surface area contributed by atoms with Crippen LogP contribution in [0.25, 0.3) is 0 Å². The first-order valence-corrected chi connectivity index (χ1v) is 5.46. The molecule has 88 valence electrons. The molecule has 0 unspecified atom stereocenters. The third-order valence-electron chi connectivity index (χ3n) is 2.62. The van der Waals surface area contributed by atoms with Gasteiger partial charge in [0.1, 0.15) is 0 Å². The van der Waals surface area contributed by atoms with E-state index in [1.54, 1.807) is 7.11 Å². The molecule has 0 aromatic rings. The van der Waals surface area contributed by atoms with Gasteiger partial charge >= 0.3 is 0 Å². The van der Waals surface area contributed by atoms with Gasteiger partial charge in [-0.05, 0) is 25.7 Å². The zero-order valence-electron chi connectivity index (χ0n) is 10.7. The second kappa shape index (κ2) is 6.09. The molecule has 0 rings (SSSR count). The maximum atomic E-state index is 8.53. The fraction of sp³-hybridized carbons (Fsp3) is 0.917. The minimum Gasteiger partial charge on any atom is -0.377 e. The Morgan fingerprint density at radius 3 is 2.27 bits per heavy atom. The van der Waals surface area contributed by atoms with Gasteiger partial charge in [0.2, 0.25) is 0 Å². The highest BCUT2D eigenvalue weighted by molar-refractivity contribution is 4.80. The standard InChI is InChI=1S/C12H24N2O/c1-11(2,7-6-8-13)9-14-10-12(3,4)15-5/h14H,6-7,9-10H2,1-5H3. The van der Waals surface area contributed by atoms with E-state index in [4.69, 9.17) is 10.00 Å². The molecule has 1 N–H and O–H groups in total. The quantitative estimate of drug-likeness (QED) is 0.704. The van der Waals surface area contributed by atoms with Crippen LogP contribution in [0.3, 0.4) is 0 Å². The van der Waals surface area contributed by atoms with Gasteiger partial charge in [0.15, 0.2) is 0 Å². The molecule has 0 bridgehead atoms. The van der Waals surface area contributed by atoms with Gasteiger partial charge < -0.3 is 10.1 Å². The predicted octanol–water partition coefficient (Wildman–Crippen LogP) is 2.33. The fourth-order valence-corrected chi connectivity index (χ4v) is 1.26. The Bertz CT molecular complexity index is 216. The van der Waals surface area contributed by atoms with Gasteiger partial charge in [0.05, 0.1) is 11.7 Å². The predicted molar refractivity (Wildman–Crippen MR) is 62.6 cm³/mol. The van der Waals surface area contributed by atoms with E-state index in [1.165, 1.54) is 0 Å². The lowest BCUT2D eigenvalue weighted by molar-refractivity contribution is 0.0215. The van der Waals surface area contributed by atoms with E-state index in [9.17, 15) is 0 Å². The molecule has 3 nitrogen and oxygen atoms in total. The lowest BCUT2D eigenvalue weighted by Gasteiger charge is -2.28. The molecule has 0 aliphatic heterocycles. The summed E-state index contributed by atoms with van der Waals surface area (Å²) in [4.78, 5) is 0. The molecular weight excluding hydrogens is 188 g/mol. The second-order valence-corrected chi connectivity index (χ2v) is 5.39. The van der Waals surface area contributed by atoms with Crippen LogP contribution >= 0.6 is 0 Å². The van der Waals surface area contributed by atoms with Crippen molar-refractivity contribution in [1.29, 1.82) is 5.26 Å². The SMILES string of the molecule is COC(C)(C)CNCC(C)(C)CCC#N. The normalized spacial score (nSPS) is 12.5. The molecule has 15 heavy (non-hydrogen) atoms. The van der Waals surface area contributed by atoms with Crippen LogP contribution in [0.2, 0.25) is 0 Å². The summed E-state index contributed by atoms with van der Waals surface area (Å²) in [5, 5.41) is 11.9. The van der Waals surface area contributed by atoms with Crippen LogP contribution in [-0.2, 0) is 4.74 Å². The van der Waals surface area contributed by atoms with Crippen LogP contribution < -0.4 is 5.32 Å². The minimum atomic E-state index is -0.120. The molecule has 0 heterocycles. The topological polar surface area (TPSA) is 45.0 Å². The first-order chi connectivity index (χ1) is 6.83. The Morgan fingerprint density at radius 1 is 1.20 bits per heavy atom. The van der Waals surface area contributed by atoms with Gasteiger partial charge in [0.25, 0.3) is 0 Å². The lowest BCUT2D eigenvalue weighted by atomic mass is 9.88. The second-order valence-electron chi connectivity index (χ2n) is 5.39. The average molecular weight is 212 g/mol. The van der Waals surface area contributed by atoms with Crippen molar-refractivity contribution < 1.29 is 4.74 Å². The minimum absolute atomic E-state index is 0.120. The van der Waals surface area contributed by atoms with Crippen molar-refractivity contribution in [3.63, 3.8) is 0 Å². The molecule has 0 aliphatic rings. The number of nitrogens with zero attached hydrogens (tertiary/aromatic N) is 1. The van der Waals surface area contributed by atoms with Gasteiger partial charge in [-0.1, -0.05) is 13.8 Å². The van der Waals surface area contributed by atoms with E-state index in [0.29, 0.717) is 6.42 Å². The first kappa shape index (κ1) is 14.4.